The molecule has 1 aromatic rings. The first-order valence-corrected chi connectivity index (χ1v) is 13.3. The normalized spacial score (nSPS) is 19.7. The predicted octanol–water partition coefficient (Wildman–Crippen LogP) is 2.80. The summed E-state index contributed by atoms with van der Waals surface area (Å²) < 4.78 is 27.1. The number of piperidine rings is 2. The van der Waals surface area contributed by atoms with Crippen molar-refractivity contribution in [3.05, 3.63) is 29.8 Å². The number of sulfonamides is 1. The van der Waals surface area contributed by atoms with Gasteiger partial charge in [0.1, 0.15) is 0 Å². The van der Waals surface area contributed by atoms with E-state index in [1.165, 1.54) is 0 Å². The minimum Gasteiger partial charge on any atom is -0.353 e. The molecule has 1 atom stereocenters. The van der Waals surface area contributed by atoms with Crippen molar-refractivity contribution in [3.8, 4) is 0 Å². The molecule has 0 saturated carbocycles. The maximum absolute atomic E-state index is 12.8. The number of rotatable bonds is 7. The highest BCUT2D eigenvalue weighted by Crippen LogP contribution is 2.22. The van der Waals surface area contributed by atoms with Gasteiger partial charge in [-0.2, -0.15) is 4.31 Å². The molecule has 8 heteroatoms. The molecule has 2 aliphatic rings. The molecule has 2 amide bonds. The highest BCUT2D eigenvalue weighted by Gasteiger charge is 2.29. The summed E-state index contributed by atoms with van der Waals surface area (Å²) in [6.07, 6.45) is 4.48. The van der Waals surface area contributed by atoms with Crippen LogP contribution in [0.25, 0.3) is 0 Å². The lowest BCUT2D eigenvalue weighted by Crippen LogP contribution is -2.46. The van der Waals surface area contributed by atoms with Crippen LogP contribution in [-0.2, 0) is 26.0 Å². The number of nitrogens with one attached hydrogen (secondary N) is 1. The highest BCUT2D eigenvalue weighted by molar-refractivity contribution is 7.89. The largest absolute Gasteiger partial charge is 0.353 e. The van der Waals surface area contributed by atoms with Gasteiger partial charge in [0.2, 0.25) is 21.8 Å². The third-order valence-corrected chi connectivity index (χ3v) is 8.73. The third-order valence-electron chi connectivity index (χ3n) is 6.82. The van der Waals surface area contributed by atoms with Crippen LogP contribution in [0.4, 0.5) is 0 Å². The van der Waals surface area contributed by atoms with Gasteiger partial charge in [-0.1, -0.05) is 32.4 Å². The molecule has 1 aromatic carbocycles. The van der Waals surface area contributed by atoms with Crippen molar-refractivity contribution in [2.75, 3.05) is 26.2 Å². The Bertz CT molecular complexity index is 884. The highest BCUT2D eigenvalue weighted by atomic mass is 32.2. The topological polar surface area (TPSA) is 86.8 Å². The van der Waals surface area contributed by atoms with Gasteiger partial charge in [0, 0.05) is 38.1 Å². The van der Waals surface area contributed by atoms with E-state index in [2.05, 4.69) is 19.2 Å². The number of hydrogen-bond donors (Lipinski definition) is 1. The number of hydrogen-bond acceptors (Lipinski definition) is 4. The summed E-state index contributed by atoms with van der Waals surface area (Å²) in [4.78, 5) is 27.3. The van der Waals surface area contributed by atoms with Crippen molar-refractivity contribution >= 4 is 21.8 Å². The zero-order valence-electron chi connectivity index (χ0n) is 19.5. The molecule has 1 unspecified atom stereocenters. The van der Waals surface area contributed by atoms with Gasteiger partial charge in [-0.05, 0) is 56.2 Å². The molecule has 2 saturated heterocycles. The van der Waals surface area contributed by atoms with Gasteiger partial charge >= 0.3 is 0 Å². The Hall–Kier alpha value is -1.93. The summed E-state index contributed by atoms with van der Waals surface area (Å²) in [6, 6.07) is 6.84. The number of amides is 2. The summed E-state index contributed by atoms with van der Waals surface area (Å²) in [5, 5.41) is 3.08. The summed E-state index contributed by atoms with van der Waals surface area (Å²) in [7, 11) is -3.46. The van der Waals surface area contributed by atoms with Gasteiger partial charge in [0.25, 0.3) is 0 Å². The van der Waals surface area contributed by atoms with Gasteiger partial charge in [-0.15, -0.1) is 0 Å². The first-order chi connectivity index (χ1) is 15.2. The van der Waals surface area contributed by atoms with E-state index in [1.807, 2.05) is 11.8 Å². The Kier molecular flexibility index (Phi) is 8.33. The zero-order valence-corrected chi connectivity index (χ0v) is 20.4. The molecule has 0 spiro atoms. The van der Waals surface area contributed by atoms with E-state index < -0.39 is 10.0 Å². The molecule has 0 radical (unpaired) electrons. The van der Waals surface area contributed by atoms with Crippen molar-refractivity contribution in [1.29, 1.82) is 0 Å². The molecule has 7 nitrogen and oxygen atoms in total. The Balaban J connectivity index is 1.51. The average molecular weight is 464 g/mol. The van der Waals surface area contributed by atoms with Crippen molar-refractivity contribution in [2.24, 2.45) is 11.8 Å². The molecular weight excluding hydrogens is 426 g/mol. The van der Waals surface area contributed by atoms with E-state index in [0.717, 1.165) is 24.8 Å². The van der Waals surface area contributed by atoms with Crippen LogP contribution >= 0.6 is 0 Å². The minimum atomic E-state index is -3.46. The maximum atomic E-state index is 12.8. The lowest BCUT2D eigenvalue weighted by molar-refractivity contribution is -0.135. The summed E-state index contributed by atoms with van der Waals surface area (Å²) >= 11 is 0. The SMILES string of the molecule is CC(C)C(C)NC(=O)C1CCN(C(=O)Cc2ccc(S(=O)(=O)N3CCCCC3)cc2)CC1. The Morgan fingerprint density at radius 2 is 1.56 bits per heavy atom. The van der Waals surface area contributed by atoms with Crippen LogP contribution in [0, 0.1) is 11.8 Å². The fourth-order valence-corrected chi connectivity index (χ4v) is 5.74. The molecule has 2 heterocycles. The number of benzene rings is 1. The second-order valence-electron chi connectivity index (χ2n) is 9.48. The molecule has 32 heavy (non-hydrogen) atoms. The monoisotopic (exact) mass is 463 g/mol. The van der Waals surface area contributed by atoms with Crippen LogP contribution in [0.2, 0.25) is 0 Å². The van der Waals surface area contributed by atoms with E-state index in [9.17, 15) is 18.0 Å². The fraction of sp³-hybridized carbons (Fsp3) is 0.667. The number of carbonyl (C=O) groups excluding carboxylic acids is 2. The van der Waals surface area contributed by atoms with Crippen LogP contribution in [0.1, 0.15) is 58.4 Å². The molecule has 0 aliphatic carbocycles. The van der Waals surface area contributed by atoms with Crippen LogP contribution in [-0.4, -0.2) is 61.7 Å². The van der Waals surface area contributed by atoms with Crippen LogP contribution in [0.3, 0.4) is 0 Å². The predicted molar refractivity (Wildman–Crippen MR) is 125 cm³/mol. The first-order valence-electron chi connectivity index (χ1n) is 11.9. The lowest BCUT2D eigenvalue weighted by atomic mass is 9.94. The first kappa shape index (κ1) is 24.7. The lowest BCUT2D eigenvalue weighted by Gasteiger charge is -2.32. The second kappa shape index (κ2) is 10.8. The third kappa shape index (κ3) is 6.10. The molecule has 0 bridgehead atoms. The van der Waals surface area contributed by atoms with Gasteiger partial charge in [0.05, 0.1) is 11.3 Å². The minimum absolute atomic E-state index is 0.0195. The van der Waals surface area contributed by atoms with Gasteiger partial charge in [-0.25, -0.2) is 8.42 Å². The fourth-order valence-electron chi connectivity index (χ4n) is 4.22. The number of carbonyl (C=O) groups is 2. The Labute approximate surface area is 192 Å². The van der Waals surface area contributed by atoms with Gasteiger partial charge in [-0.3, -0.25) is 9.59 Å². The standard InChI is InChI=1S/C24H37N3O4S/c1-18(2)19(3)25-24(29)21-11-15-26(16-12-21)23(28)17-20-7-9-22(10-8-20)32(30,31)27-13-5-4-6-14-27/h7-10,18-19,21H,4-6,11-17H2,1-3H3,(H,25,29). The zero-order chi connectivity index (χ0) is 23.3. The molecule has 0 aromatic heterocycles. The van der Waals surface area contributed by atoms with Gasteiger partial charge < -0.3 is 10.2 Å². The van der Waals surface area contributed by atoms with E-state index in [0.29, 0.717) is 44.9 Å². The van der Waals surface area contributed by atoms with Crippen LogP contribution < -0.4 is 5.32 Å². The second-order valence-corrected chi connectivity index (χ2v) is 11.4. The summed E-state index contributed by atoms with van der Waals surface area (Å²) in [5.74, 6) is 0.455. The molecule has 178 valence electrons. The van der Waals surface area contributed by atoms with Crippen molar-refractivity contribution in [2.45, 2.75) is 70.2 Å². The van der Waals surface area contributed by atoms with E-state index >= 15 is 0 Å². The average Bonchev–Trinajstić information content (AvgIpc) is 2.80. The molecule has 3 rings (SSSR count). The van der Waals surface area contributed by atoms with Crippen LogP contribution in [0.15, 0.2) is 29.2 Å². The van der Waals surface area contributed by atoms with Crippen molar-refractivity contribution in [1.82, 2.24) is 14.5 Å². The molecule has 2 aliphatic heterocycles. The van der Waals surface area contributed by atoms with Crippen molar-refractivity contribution in [3.63, 3.8) is 0 Å². The Morgan fingerprint density at radius 3 is 2.12 bits per heavy atom. The van der Waals surface area contributed by atoms with Crippen LogP contribution in [0.5, 0.6) is 0 Å². The molecule has 2 fully saturated rings. The smallest absolute Gasteiger partial charge is 0.243 e. The summed E-state index contributed by atoms with van der Waals surface area (Å²) in [5.41, 5.74) is 0.804. The van der Waals surface area contributed by atoms with Gasteiger partial charge in [0.15, 0.2) is 0 Å². The number of likely N-dealkylation sites (tertiary alicyclic amines) is 1. The molecular formula is C24H37N3O4S. The van der Waals surface area contributed by atoms with E-state index in [-0.39, 0.29) is 35.1 Å². The summed E-state index contributed by atoms with van der Waals surface area (Å²) in [6.45, 7) is 8.50. The Morgan fingerprint density at radius 1 is 0.969 bits per heavy atom. The van der Waals surface area contributed by atoms with E-state index in [1.54, 1.807) is 28.6 Å². The molecule has 1 N–H and O–H groups in total. The van der Waals surface area contributed by atoms with Crippen molar-refractivity contribution < 1.29 is 18.0 Å². The maximum Gasteiger partial charge on any atom is 0.243 e. The quantitative estimate of drug-likeness (QED) is 0.674. The van der Waals surface area contributed by atoms with E-state index in [4.69, 9.17) is 0 Å². The number of nitrogens with zero attached hydrogens (tertiary/aromatic N) is 2.